The van der Waals surface area contributed by atoms with Crippen molar-refractivity contribution < 1.29 is 0 Å². The minimum atomic E-state index is 0.762. The summed E-state index contributed by atoms with van der Waals surface area (Å²) < 4.78 is 0. The topological polar surface area (TPSA) is 0 Å². The lowest BCUT2D eigenvalue weighted by Gasteiger charge is -2.09. The third-order valence-electron chi connectivity index (χ3n) is 2.13. The standard InChI is InChI=1S/C12H18/c1-4-11-7-5-6-8-12(11)9-10(2)3/h5-8,10H,4,9H2,1-3H3. The van der Waals surface area contributed by atoms with Gasteiger partial charge in [0.1, 0.15) is 0 Å². The van der Waals surface area contributed by atoms with Gasteiger partial charge in [-0.1, -0.05) is 45.0 Å². The first-order valence-electron chi connectivity index (χ1n) is 4.80. The zero-order chi connectivity index (χ0) is 8.97. The summed E-state index contributed by atoms with van der Waals surface area (Å²) in [4.78, 5) is 0. The van der Waals surface area contributed by atoms with Gasteiger partial charge < -0.3 is 0 Å². The SMILES string of the molecule is CCc1ccccc1CC(C)C. The Morgan fingerprint density at radius 3 is 2.17 bits per heavy atom. The van der Waals surface area contributed by atoms with Gasteiger partial charge in [0.25, 0.3) is 0 Å². The molecule has 0 N–H and O–H groups in total. The van der Waals surface area contributed by atoms with Crippen LogP contribution in [0.2, 0.25) is 0 Å². The smallest absolute Gasteiger partial charge is 0.0253 e. The van der Waals surface area contributed by atoms with E-state index in [2.05, 4.69) is 45.0 Å². The van der Waals surface area contributed by atoms with Crippen LogP contribution in [0, 0.1) is 5.92 Å². The lowest BCUT2D eigenvalue weighted by atomic mass is 9.97. The summed E-state index contributed by atoms with van der Waals surface area (Å²) in [5.41, 5.74) is 3.03. The Morgan fingerprint density at radius 1 is 1.08 bits per heavy atom. The van der Waals surface area contributed by atoms with E-state index in [0.29, 0.717) is 0 Å². The second kappa shape index (κ2) is 4.30. The molecule has 0 aliphatic heterocycles. The summed E-state index contributed by atoms with van der Waals surface area (Å²) in [6.07, 6.45) is 2.37. The number of hydrogen-bond donors (Lipinski definition) is 0. The highest BCUT2D eigenvalue weighted by atomic mass is 14.1. The van der Waals surface area contributed by atoms with Crippen LogP contribution in [-0.4, -0.2) is 0 Å². The minimum absolute atomic E-state index is 0.762. The van der Waals surface area contributed by atoms with Crippen molar-refractivity contribution in [1.29, 1.82) is 0 Å². The van der Waals surface area contributed by atoms with Crippen molar-refractivity contribution >= 4 is 0 Å². The molecule has 0 aliphatic rings. The zero-order valence-electron chi connectivity index (χ0n) is 8.30. The summed E-state index contributed by atoms with van der Waals surface area (Å²) in [5.74, 6) is 0.762. The number of rotatable bonds is 3. The van der Waals surface area contributed by atoms with Crippen molar-refractivity contribution in [3.05, 3.63) is 35.4 Å². The van der Waals surface area contributed by atoms with Gasteiger partial charge in [-0.3, -0.25) is 0 Å². The highest BCUT2D eigenvalue weighted by Gasteiger charge is 2.01. The van der Waals surface area contributed by atoms with Crippen molar-refractivity contribution in [2.45, 2.75) is 33.6 Å². The van der Waals surface area contributed by atoms with Gasteiger partial charge in [0.05, 0.1) is 0 Å². The van der Waals surface area contributed by atoms with Gasteiger partial charge in [-0.2, -0.15) is 0 Å². The molecule has 0 atom stereocenters. The van der Waals surface area contributed by atoms with Gasteiger partial charge in [-0.25, -0.2) is 0 Å². The first kappa shape index (κ1) is 9.31. The molecule has 0 radical (unpaired) electrons. The number of hydrogen-bond acceptors (Lipinski definition) is 0. The fourth-order valence-corrected chi connectivity index (χ4v) is 1.54. The Labute approximate surface area is 75.6 Å². The minimum Gasteiger partial charge on any atom is -0.0625 e. The van der Waals surface area contributed by atoms with Crippen molar-refractivity contribution in [2.75, 3.05) is 0 Å². The van der Waals surface area contributed by atoms with E-state index in [1.165, 1.54) is 17.5 Å². The van der Waals surface area contributed by atoms with Gasteiger partial charge in [-0.05, 0) is 29.9 Å². The maximum absolute atomic E-state index is 2.27. The van der Waals surface area contributed by atoms with E-state index in [0.717, 1.165) is 12.3 Å². The van der Waals surface area contributed by atoms with Crippen LogP contribution in [0.1, 0.15) is 31.9 Å². The maximum Gasteiger partial charge on any atom is -0.0253 e. The van der Waals surface area contributed by atoms with Gasteiger partial charge >= 0.3 is 0 Å². The molecule has 12 heavy (non-hydrogen) atoms. The average molecular weight is 162 g/mol. The monoisotopic (exact) mass is 162 g/mol. The van der Waals surface area contributed by atoms with E-state index < -0.39 is 0 Å². The van der Waals surface area contributed by atoms with E-state index >= 15 is 0 Å². The largest absolute Gasteiger partial charge is 0.0625 e. The quantitative estimate of drug-likeness (QED) is 0.638. The Bertz CT molecular complexity index is 236. The van der Waals surface area contributed by atoms with E-state index in [1.54, 1.807) is 0 Å². The van der Waals surface area contributed by atoms with E-state index in [-0.39, 0.29) is 0 Å². The van der Waals surface area contributed by atoms with Gasteiger partial charge in [0.2, 0.25) is 0 Å². The molecule has 0 saturated heterocycles. The van der Waals surface area contributed by atoms with Crippen LogP contribution in [0.5, 0.6) is 0 Å². The van der Waals surface area contributed by atoms with Crippen molar-refractivity contribution in [1.82, 2.24) is 0 Å². The van der Waals surface area contributed by atoms with Gasteiger partial charge in [-0.15, -0.1) is 0 Å². The lowest BCUT2D eigenvalue weighted by Crippen LogP contribution is -1.97. The van der Waals surface area contributed by atoms with Crippen LogP contribution in [0.3, 0.4) is 0 Å². The third-order valence-corrected chi connectivity index (χ3v) is 2.13. The number of aryl methyl sites for hydroxylation is 1. The molecular weight excluding hydrogens is 144 g/mol. The molecule has 0 heterocycles. The molecule has 0 amide bonds. The van der Waals surface area contributed by atoms with E-state index in [9.17, 15) is 0 Å². The Hall–Kier alpha value is -0.780. The normalized spacial score (nSPS) is 10.7. The molecule has 0 unspecified atom stereocenters. The summed E-state index contributed by atoms with van der Waals surface area (Å²) in [6, 6.07) is 8.75. The Kier molecular flexibility index (Phi) is 3.33. The summed E-state index contributed by atoms with van der Waals surface area (Å²) in [5, 5.41) is 0. The second-order valence-corrected chi connectivity index (χ2v) is 3.72. The lowest BCUT2D eigenvalue weighted by molar-refractivity contribution is 0.643. The third kappa shape index (κ3) is 2.37. The first-order chi connectivity index (χ1) is 5.74. The van der Waals surface area contributed by atoms with Crippen LogP contribution in [0.15, 0.2) is 24.3 Å². The molecule has 0 spiro atoms. The van der Waals surface area contributed by atoms with E-state index in [4.69, 9.17) is 0 Å². The van der Waals surface area contributed by atoms with Crippen LogP contribution < -0.4 is 0 Å². The molecule has 1 aromatic rings. The van der Waals surface area contributed by atoms with Crippen LogP contribution in [-0.2, 0) is 12.8 Å². The average Bonchev–Trinajstić information content (AvgIpc) is 2.04. The molecule has 66 valence electrons. The predicted octanol–water partition coefficient (Wildman–Crippen LogP) is 3.45. The summed E-state index contributed by atoms with van der Waals surface area (Å²) in [6.45, 7) is 6.76. The molecule has 0 heteroatoms. The molecule has 1 rings (SSSR count). The van der Waals surface area contributed by atoms with Crippen LogP contribution >= 0.6 is 0 Å². The van der Waals surface area contributed by atoms with Crippen molar-refractivity contribution in [3.8, 4) is 0 Å². The fraction of sp³-hybridized carbons (Fsp3) is 0.500. The highest BCUT2D eigenvalue weighted by Crippen LogP contribution is 2.13. The highest BCUT2D eigenvalue weighted by molar-refractivity contribution is 5.27. The maximum atomic E-state index is 2.27. The van der Waals surface area contributed by atoms with Crippen molar-refractivity contribution in [3.63, 3.8) is 0 Å². The summed E-state index contributed by atoms with van der Waals surface area (Å²) in [7, 11) is 0. The molecule has 0 saturated carbocycles. The Morgan fingerprint density at radius 2 is 1.67 bits per heavy atom. The Balaban J connectivity index is 2.82. The van der Waals surface area contributed by atoms with Crippen LogP contribution in [0.25, 0.3) is 0 Å². The molecule has 0 aromatic heterocycles. The molecule has 0 bridgehead atoms. The summed E-state index contributed by atoms with van der Waals surface area (Å²) >= 11 is 0. The molecule has 0 aliphatic carbocycles. The zero-order valence-corrected chi connectivity index (χ0v) is 8.30. The fourth-order valence-electron chi connectivity index (χ4n) is 1.54. The molecular formula is C12H18. The first-order valence-corrected chi connectivity index (χ1v) is 4.80. The van der Waals surface area contributed by atoms with E-state index in [1.807, 2.05) is 0 Å². The van der Waals surface area contributed by atoms with Gasteiger partial charge in [0.15, 0.2) is 0 Å². The number of benzene rings is 1. The van der Waals surface area contributed by atoms with Crippen LogP contribution in [0.4, 0.5) is 0 Å². The molecule has 0 nitrogen and oxygen atoms in total. The van der Waals surface area contributed by atoms with Gasteiger partial charge in [0, 0.05) is 0 Å². The van der Waals surface area contributed by atoms with Crippen molar-refractivity contribution in [2.24, 2.45) is 5.92 Å². The predicted molar refractivity (Wildman–Crippen MR) is 54.4 cm³/mol. The second-order valence-electron chi connectivity index (χ2n) is 3.72. The molecule has 0 fully saturated rings. The molecule has 1 aromatic carbocycles.